The fourth-order valence-corrected chi connectivity index (χ4v) is 4.06. The fraction of sp³-hybridized carbons (Fsp3) is 0.357. The lowest BCUT2D eigenvalue weighted by Crippen LogP contribution is -2.59. The molecule has 0 unspecified atom stereocenters. The van der Waals surface area contributed by atoms with Gasteiger partial charge in [0.2, 0.25) is 0 Å². The van der Waals surface area contributed by atoms with E-state index in [4.69, 9.17) is 23.7 Å². The molecule has 5 heteroatoms. The molecule has 0 aliphatic carbocycles. The number of methoxy groups -OCH3 is 1. The van der Waals surface area contributed by atoms with Crippen molar-refractivity contribution >= 4 is 0 Å². The molecule has 0 spiro atoms. The minimum atomic E-state index is -0.555. The molecule has 0 saturated carbocycles. The second-order valence-corrected chi connectivity index (χ2v) is 8.23. The third-order valence-corrected chi connectivity index (χ3v) is 5.82. The normalized spacial score (nSPS) is 25.1. The Morgan fingerprint density at radius 1 is 0.576 bits per heavy atom. The van der Waals surface area contributed by atoms with E-state index in [-0.39, 0.29) is 18.3 Å². The van der Waals surface area contributed by atoms with Crippen LogP contribution in [0.25, 0.3) is 0 Å². The number of hydrogen-bond donors (Lipinski definition) is 0. The predicted octanol–water partition coefficient (Wildman–Crippen LogP) is 5.13. The van der Waals surface area contributed by atoms with E-state index in [1.165, 1.54) is 0 Å². The highest BCUT2D eigenvalue weighted by Crippen LogP contribution is 2.30. The highest BCUT2D eigenvalue weighted by molar-refractivity contribution is 5.15. The summed E-state index contributed by atoms with van der Waals surface area (Å²) in [6.45, 7) is 3.34. The number of benzene rings is 3. The van der Waals surface area contributed by atoms with Crippen LogP contribution in [0, 0.1) is 0 Å². The molecule has 1 aliphatic rings. The molecule has 5 nitrogen and oxygen atoms in total. The van der Waals surface area contributed by atoms with Gasteiger partial charge in [0.1, 0.15) is 18.3 Å². The third-order valence-electron chi connectivity index (χ3n) is 5.82. The van der Waals surface area contributed by atoms with Crippen molar-refractivity contribution in [3.63, 3.8) is 0 Å². The Hall–Kier alpha value is -2.54. The van der Waals surface area contributed by atoms with Gasteiger partial charge in [-0.2, -0.15) is 0 Å². The van der Waals surface area contributed by atoms with Crippen LogP contribution < -0.4 is 0 Å². The molecule has 0 bridgehead atoms. The van der Waals surface area contributed by atoms with Crippen LogP contribution in [0.4, 0.5) is 0 Å². The van der Waals surface area contributed by atoms with Gasteiger partial charge in [0.15, 0.2) is 6.29 Å². The first kappa shape index (κ1) is 23.6. The number of rotatable bonds is 10. The Balaban J connectivity index is 1.53. The summed E-state index contributed by atoms with van der Waals surface area (Å²) in [7, 11) is 1.63. The largest absolute Gasteiger partial charge is 0.368 e. The van der Waals surface area contributed by atoms with Gasteiger partial charge < -0.3 is 23.7 Å². The van der Waals surface area contributed by atoms with E-state index in [1.54, 1.807) is 7.11 Å². The highest BCUT2D eigenvalue weighted by atomic mass is 16.7. The summed E-state index contributed by atoms with van der Waals surface area (Å²) in [5.41, 5.74) is 3.27. The van der Waals surface area contributed by atoms with Gasteiger partial charge in [-0.3, -0.25) is 0 Å². The van der Waals surface area contributed by atoms with Crippen molar-refractivity contribution in [3.05, 3.63) is 108 Å². The molecule has 1 fully saturated rings. The molecule has 0 N–H and O–H groups in total. The van der Waals surface area contributed by atoms with Crippen molar-refractivity contribution in [1.29, 1.82) is 0 Å². The van der Waals surface area contributed by atoms with Gasteiger partial charge in [0.05, 0.1) is 25.9 Å². The lowest BCUT2D eigenvalue weighted by Gasteiger charge is -2.44. The Morgan fingerprint density at radius 3 is 1.39 bits per heavy atom. The zero-order chi connectivity index (χ0) is 22.9. The van der Waals surface area contributed by atoms with Gasteiger partial charge in [-0.15, -0.1) is 0 Å². The molecule has 1 saturated heterocycles. The lowest BCUT2D eigenvalue weighted by atomic mass is 9.98. The Kier molecular flexibility index (Phi) is 8.64. The first-order valence-electron chi connectivity index (χ1n) is 11.4. The molecule has 1 heterocycles. The molecule has 3 aromatic carbocycles. The van der Waals surface area contributed by atoms with E-state index in [2.05, 4.69) is 24.3 Å². The van der Waals surface area contributed by atoms with Crippen LogP contribution in [0.2, 0.25) is 0 Å². The maximum absolute atomic E-state index is 6.46. The number of hydrogen-bond acceptors (Lipinski definition) is 5. The van der Waals surface area contributed by atoms with Crippen molar-refractivity contribution in [2.24, 2.45) is 0 Å². The average molecular weight is 449 g/mol. The Morgan fingerprint density at radius 2 is 0.970 bits per heavy atom. The van der Waals surface area contributed by atoms with Crippen LogP contribution >= 0.6 is 0 Å². The quantitative estimate of drug-likeness (QED) is 0.430. The van der Waals surface area contributed by atoms with Crippen molar-refractivity contribution in [2.45, 2.75) is 57.5 Å². The Labute approximate surface area is 196 Å². The van der Waals surface area contributed by atoms with E-state index >= 15 is 0 Å². The summed E-state index contributed by atoms with van der Waals surface area (Å²) in [6, 6.07) is 30.3. The van der Waals surface area contributed by atoms with E-state index < -0.39 is 12.4 Å². The molecule has 1 aliphatic heterocycles. The summed E-state index contributed by atoms with van der Waals surface area (Å²) in [4.78, 5) is 0. The topological polar surface area (TPSA) is 46.2 Å². The van der Waals surface area contributed by atoms with E-state index in [0.29, 0.717) is 19.8 Å². The lowest BCUT2D eigenvalue weighted by molar-refractivity contribution is -0.314. The van der Waals surface area contributed by atoms with Crippen LogP contribution in [-0.4, -0.2) is 37.8 Å². The third kappa shape index (κ3) is 6.50. The molecule has 174 valence electrons. The van der Waals surface area contributed by atoms with Crippen LogP contribution in [-0.2, 0) is 43.5 Å². The summed E-state index contributed by atoms with van der Waals surface area (Å²) in [5.74, 6) is 0. The van der Waals surface area contributed by atoms with Gasteiger partial charge in [-0.1, -0.05) is 91.0 Å². The molecule has 0 amide bonds. The van der Waals surface area contributed by atoms with Gasteiger partial charge in [-0.05, 0) is 23.6 Å². The van der Waals surface area contributed by atoms with E-state index in [1.807, 2.05) is 73.7 Å². The standard InChI is InChI=1S/C28H32O5/c1-21-25(30-18-22-12-6-3-7-13-22)26(31-19-23-14-8-4-9-15-23)27(28(29-2)33-21)32-20-24-16-10-5-11-17-24/h3-17,21,25-28H,18-20H2,1-2H3/t21-,25-,26-,27+,28+/m0/s1. The molecule has 5 atom stereocenters. The monoisotopic (exact) mass is 448 g/mol. The van der Waals surface area contributed by atoms with Crippen LogP contribution in [0.3, 0.4) is 0 Å². The van der Waals surface area contributed by atoms with Gasteiger partial charge in [-0.25, -0.2) is 0 Å². The predicted molar refractivity (Wildman–Crippen MR) is 126 cm³/mol. The van der Waals surface area contributed by atoms with E-state index in [0.717, 1.165) is 16.7 Å². The first-order valence-corrected chi connectivity index (χ1v) is 11.4. The molecular weight excluding hydrogens is 416 g/mol. The summed E-state index contributed by atoms with van der Waals surface area (Å²) < 4.78 is 31.0. The van der Waals surface area contributed by atoms with Crippen molar-refractivity contribution in [1.82, 2.24) is 0 Å². The summed E-state index contributed by atoms with van der Waals surface area (Å²) in [6.07, 6.45) is -1.92. The zero-order valence-electron chi connectivity index (χ0n) is 19.2. The second kappa shape index (κ2) is 12.1. The van der Waals surface area contributed by atoms with Gasteiger partial charge >= 0.3 is 0 Å². The SMILES string of the molecule is CO[C@@H]1O[C@@H](C)[C@H](OCc2ccccc2)[C@H](OCc2ccccc2)[C@H]1OCc1ccccc1. The van der Waals surface area contributed by atoms with Gasteiger partial charge in [0.25, 0.3) is 0 Å². The van der Waals surface area contributed by atoms with E-state index in [9.17, 15) is 0 Å². The van der Waals surface area contributed by atoms with Crippen LogP contribution in [0.15, 0.2) is 91.0 Å². The molecule has 0 radical (unpaired) electrons. The molecule has 3 aromatic rings. The Bertz CT molecular complexity index is 934. The van der Waals surface area contributed by atoms with Crippen LogP contribution in [0.5, 0.6) is 0 Å². The molecule has 0 aromatic heterocycles. The number of ether oxygens (including phenoxy) is 5. The summed E-state index contributed by atoms with van der Waals surface area (Å²) >= 11 is 0. The smallest absolute Gasteiger partial charge is 0.186 e. The maximum Gasteiger partial charge on any atom is 0.186 e. The maximum atomic E-state index is 6.46. The van der Waals surface area contributed by atoms with Gasteiger partial charge in [0, 0.05) is 7.11 Å². The highest BCUT2D eigenvalue weighted by Gasteiger charge is 2.47. The molecule has 33 heavy (non-hydrogen) atoms. The molecular formula is C28H32O5. The minimum Gasteiger partial charge on any atom is -0.368 e. The van der Waals surface area contributed by atoms with Crippen molar-refractivity contribution in [3.8, 4) is 0 Å². The average Bonchev–Trinajstić information content (AvgIpc) is 2.87. The fourth-order valence-electron chi connectivity index (χ4n) is 4.06. The van der Waals surface area contributed by atoms with Crippen LogP contribution in [0.1, 0.15) is 23.6 Å². The van der Waals surface area contributed by atoms with Crippen molar-refractivity contribution < 1.29 is 23.7 Å². The first-order chi connectivity index (χ1) is 16.2. The van der Waals surface area contributed by atoms with Crippen molar-refractivity contribution in [2.75, 3.05) is 7.11 Å². The molecule has 4 rings (SSSR count). The second-order valence-electron chi connectivity index (χ2n) is 8.23. The minimum absolute atomic E-state index is 0.226. The summed E-state index contributed by atoms with van der Waals surface area (Å²) in [5, 5.41) is 0. The zero-order valence-corrected chi connectivity index (χ0v) is 19.2.